The molecule has 2 aliphatic carbocycles. The zero-order valence-electron chi connectivity index (χ0n) is 12.3. The Balaban J connectivity index is 1.43. The molecule has 2 bridgehead atoms. The number of nitrogens with zero attached hydrogens (tertiary/aromatic N) is 1. The summed E-state index contributed by atoms with van der Waals surface area (Å²) in [5.41, 5.74) is 1.91. The van der Waals surface area contributed by atoms with Crippen LogP contribution < -0.4 is 0 Å². The average Bonchev–Trinajstić information content (AvgIpc) is 3.09. The average molecular weight is 279 g/mol. The maximum absolute atomic E-state index is 12.3. The predicted octanol–water partition coefficient (Wildman–Crippen LogP) is 4.17. The Morgan fingerprint density at radius 3 is 2.81 bits per heavy atom. The van der Waals surface area contributed by atoms with Crippen LogP contribution in [0.2, 0.25) is 0 Å². The van der Waals surface area contributed by atoms with Crippen molar-refractivity contribution in [2.75, 3.05) is 0 Å². The molecule has 1 heterocycles. The summed E-state index contributed by atoms with van der Waals surface area (Å²) in [4.78, 5) is 17.0. The minimum absolute atomic E-state index is 0.371. The van der Waals surface area contributed by atoms with Crippen LogP contribution in [-0.4, -0.2) is 10.8 Å². The van der Waals surface area contributed by atoms with Crippen molar-refractivity contribution < 1.29 is 4.79 Å². The molecule has 3 unspecified atom stereocenters. The highest BCUT2D eigenvalue weighted by Crippen LogP contribution is 2.49. The second kappa shape index (κ2) is 5.25. The zero-order valence-corrected chi connectivity index (χ0v) is 12.3. The minimum Gasteiger partial charge on any atom is -0.299 e. The van der Waals surface area contributed by atoms with Gasteiger partial charge in [-0.2, -0.15) is 0 Å². The molecule has 1 aromatic carbocycles. The van der Waals surface area contributed by atoms with E-state index in [-0.39, 0.29) is 0 Å². The standard InChI is InChI=1S/C19H21NO/c21-18(11-16-10-13-5-6-15(16)9-13)12-17-8-7-14-3-1-2-4-19(14)20-17/h1-4,7-8,13,15-16H,5-6,9-12H2. The normalized spacial score (nSPS) is 27.3. The Kier molecular flexibility index (Phi) is 3.25. The summed E-state index contributed by atoms with van der Waals surface area (Å²) in [6, 6.07) is 12.2. The Hall–Kier alpha value is -1.70. The van der Waals surface area contributed by atoms with Crippen LogP contribution in [0.1, 0.15) is 37.8 Å². The van der Waals surface area contributed by atoms with Gasteiger partial charge in [-0.25, -0.2) is 0 Å². The SMILES string of the molecule is O=C(Cc1ccc2ccccc2n1)CC1CC2CCC1C2. The lowest BCUT2D eigenvalue weighted by Gasteiger charge is -2.20. The second-order valence-electron chi connectivity index (χ2n) is 6.85. The summed E-state index contributed by atoms with van der Waals surface area (Å²) >= 11 is 0. The largest absolute Gasteiger partial charge is 0.299 e. The third-order valence-electron chi connectivity index (χ3n) is 5.41. The van der Waals surface area contributed by atoms with Gasteiger partial charge in [0.05, 0.1) is 5.52 Å². The topological polar surface area (TPSA) is 30.0 Å². The van der Waals surface area contributed by atoms with Gasteiger partial charge < -0.3 is 0 Å². The summed E-state index contributed by atoms with van der Waals surface area (Å²) in [6.07, 6.45) is 6.71. The first-order chi connectivity index (χ1) is 10.3. The molecule has 0 aliphatic heterocycles. The van der Waals surface area contributed by atoms with Gasteiger partial charge in [-0.3, -0.25) is 9.78 Å². The van der Waals surface area contributed by atoms with Crippen LogP contribution in [0.25, 0.3) is 10.9 Å². The van der Waals surface area contributed by atoms with Crippen LogP contribution in [0, 0.1) is 17.8 Å². The van der Waals surface area contributed by atoms with Gasteiger partial charge in [0.15, 0.2) is 0 Å². The van der Waals surface area contributed by atoms with Crippen molar-refractivity contribution in [2.45, 2.75) is 38.5 Å². The number of para-hydroxylation sites is 1. The summed E-state index contributed by atoms with van der Waals surface area (Å²) in [5.74, 6) is 2.79. The number of ketones is 1. The van der Waals surface area contributed by atoms with E-state index in [2.05, 4.69) is 17.1 Å². The van der Waals surface area contributed by atoms with E-state index >= 15 is 0 Å². The maximum Gasteiger partial charge on any atom is 0.139 e. The first-order valence-electron chi connectivity index (χ1n) is 8.14. The predicted molar refractivity (Wildman–Crippen MR) is 84.0 cm³/mol. The van der Waals surface area contributed by atoms with E-state index in [4.69, 9.17) is 0 Å². The van der Waals surface area contributed by atoms with Crippen molar-refractivity contribution in [1.29, 1.82) is 0 Å². The molecule has 2 saturated carbocycles. The third kappa shape index (κ3) is 2.59. The molecule has 21 heavy (non-hydrogen) atoms. The van der Waals surface area contributed by atoms with Crippen molar-refractivity contribution in [3.8, 4) is 0 Å². The number of hydrogen-bond donors (Lipinski definition) is 0. The number of Topliss-reactive ketones (excluding diaryl/α,β-unsaturated/α-hetero) is 1. The summed E-state index contributed by atoms with van der Waals surface area (Å²) < 4.78 is 0. The maximum atomic E-state index is 12.3. The van der Waals surface area contributed by atoms with E-state index in [9.17, 15) is 4.79 Å². The highest BCUT2D eigenvalue weighted by molar-refractivity contribution is 5.83. The van der Waals surface area contributed by atoms with Crippen LogP contribution >= 0.6 is 0 Å². The minimum atomic E-state index is 0.371. The molecule has 0 saturated heterocycles. The molecule has 2 fully saturated rings. The van der Waals surface area contributed by atoms with Crippen molar-refractivity contribution in [3.63, 3.8) is 0 Å². The number of carbonyl (C=O) groups excluding carboxylic acids is 1. The fourth-order valence-corrected chi connectivity index (χ4v) is 4.40. The fraction of sp³-hybridized carbons (Fsp3) is 0.474. The quantitative estimate of drug-likeness (QED) is 0.840. The summed E-state index contributed by atoms with van der Waals surface area (Å²) in [6.45, 7) is 0. The number of carbonyl (C=O) groups is 1. The Morgan fingerprint density at radius 2 is 2.00 bits per heavy atom. The Labute approximate surface area is 125 Å². The van der Waals surface area contributed by atoms with Crippen LogP contribution in [0.15, 0.2) is 36.4 Å². The molecule has 108 valence electrons. The van der Waals surface area contributed by atoms with Gasteiger partial charge in [-0.1, -0.05) is 30.7 Å². The number of benzene rings is 1. The fourth-order valence-electron chi connectivity index (χ4n) is 4.40. The van der Waals surface area contributed by atoms with Crippen LogP contribution in [0.4, 0.5) is 0 Å². The van der Waals surface area contributed by atoms with E-state index in [1.807, 2.05) is 24.3 Å². The third-order valence-corrected chi connectivity index (χ3v) is 5.41. The molecule has 2 aromatic rings. The van der Waals surface area contributed by atoms with Crippen LogP contribution in [0.5, 0.6) is 0 Å². The monoisotopic (exact) mass is 279 g/mol. The molecule has 0 spiro atoms. The number of pyridine rings is 1. The summed E-state index contributed by atoms with van der Waals surface area (Å²) in [7, 11) is 0. The van der Waals surface area contributed by atoms with Gasteiger partial charge in [-0.05, 0) is 49.1 Å². The molecule has 1 aromatic heterocycles. The van der Waals surface area contributed by atoms with E-state index < -0.39 is 0 Å². The molecule has 0 radical (unpaired) electrons. The molecule has 2 nitrogen and oxygen atoms in total. The first kappa shape index (κ1) is 13.0. The van der Waals surface area contributed by atoms with Crippen molar-refractivity contribution in [3.05, 3.63) is 42.1 Å². The molecule has 3 atom stereocenters. The summed E-state index contributed by atoms with van der Waals surface area (Å²) in [5, 5.41) is 1.14. The van der Waals surface area contributed by atoms with Gasteiger partial charge in [0.2, 0.25) is 0 Å². The van der Waals surface area contributed by atoms with Gasteiger partial charge >= 0.3 is 0 Å². The number of aromatic nitrogens is 1. The van der Waals surface area contributed by atoms with Crippen LogP contribution in [-0.2, 0) is 11.2 Å². The number of fused-ring (bicyclic) bond motifs is 3. The first-order valence-corrected chi connectivity index (χ1v) is 8.14. The molecule has 4 rings (SSSR count). The molecular weight excluding hydrogens is 258 g/mol. The molecular formula is C19H21NO. The zero-order chi connectivity index (χ0) is 14.2. The lowest BCUT2D eigenvalue weighted by molar-refractivity contribution is -0.119. The van der Waals surface area contributed by atoms with Crippen LogP contribution in [0.3, 0.4) is 0 Å². The molecule has 2 heteroatoms. The van der Waals surface area contributed by atoms with Crippen molar-refractivity contribution in [1.82, 2.24) is 4.98 Å². The van der Waals surface area contributed by atoms with Gasteiger partial charge in [0, 0.05) is 23.9 Å². The lowest BCUT2D eigenvalue weighted by atomic mass is 9.84. The van der Waals surface area contributed by atoms with Gasteiger partial charge in [0.1, 0.15) is 5.78 Å². The van der Waals surface area contributed by atoms with E-state index in [1.54, 1.807) is 0 Å². The highest BCUT2D eigenvalue weighted by atomic mass is 16.1. The highest BCUT2D eigenvalue weighted by Gasteiger charge is 2.39. The molecule has 0 amide bonds. The Morgan fingerprint density at radius 1 is 1.10 bits per heavy atom. The number of rotatable bonds is 4. The number of hydrogen-bond acceptors (Lipinski definition) is 2. The second-order valence-corrected chi connectivity index (χ2v) is 6.85. The van der Waals surface area contributed by atoms with Crippen molar-refractivity contribution >= 4 is 16.7 Å². The van der Waals surface area contributed by atoms with Crippen molar-refractivity contribution in [2.24, 2.45) is 17.8 Å². The molecule has 2 aliphatic rings. The van der Waals surface area contributed by atoms with Gasteiger partial charge in [0.25, 0.3) is 0 Å². The van der Waals surface area contributed by atoms with Gasteiger partial charge in [-0.15, -0.1) is 0 Å². The Bertz CT molecular complexity index is 678. The smallest absolute Gasteiger partial charge is 0.139 e. The van der Waals surface area contributed by atoms with E-state index in [1.165, 1.54) is 25.7 Å². The lowest BCUT2D eigenvalue weighted by Crippen LogP contribution is -2.16. The van der Waals surface area contributed by atoms with E-state index in [0.717, 1.165) is 34.9 Å². The van der Waals surface area contributed by atoms with E-state index in [0.29, 0.717) is 18.1 Å². The molecule has 0 N–H and O–H groups in total.